The fourth-order valence-electron chi connectivity index (χ4n) is 3.32. The first kappa shape index (κ1) is 19.7. The van der Waals surface area contributed by atoms with Crippen molar-refractivity contribution in [3.05, 3.63) is 35.9 Å². The normalized spacial score (nSPS) is 23.2. The standard InChI is InChI=1S/C18H25N3O3.ClH/c19-13-15-6-7-16(24-15)18(23)21-10-8-20(9-11-21)17(22)12-14-4-2-1-3-5-14;/h1-5,15-16H,6-13,19H2;1H/t15-,16+;/m1./s1. The third-order valence-corrected chi connectivity index (χ3v) is 4.79. The SMILES string of the molecule is Cl.NC[C@H]1CC[C@@H](C(=O)N2CCN(C(=O)Cc3ccccc3)CC2)O1. The predicted octanol–water partition coefficient (Wildman–Crippen LogP) is 0.828. The molecule has 0 aromatic heterocycles. The molecule has 2 heterocycles. The first-order valence-corrected chi connectivity index (χ1v) is 8.63. The van der Waals surface area contributed by atoms with Crippen LogP contribution in [0.1, 0.15) is 18.4 Å². The summed E-state index contributed by atoms with van der Waals surface area (Å²) >= 11 is 0. The molecule has 6 nitrogen and oxygen atoms in total. The Balaban J connectivity index is 0.00000225. The molecule has 7 heteroatoms. The van der Waals surface area contributed by atoms with Crippen LogP contribution in [0, 0.1) is 0 Å². The van der Waals surface area contributed by atoms with Gasteiger partial charge in [0.25, 0.3) is 5.91 Å². The van der Waals surface area contributed by atoms with E-state index in [1.807, 2.05) is 40.1 Å². The van der Waals surface area contributed by atoms with Crippen LogP contribution in [0.15, 0.2) is 30.3 Å². The van der Waals surface area contributed by atoms with Crippen LogP contribution < -0.4 is 5.73 Å². The van der Waals surface area contributed by atoms with Gasteiger partial charge in [0.05, 0.1) is 12.5 Å². The molecule has 0 aliphatic carbocycles. The molecular formula is C18H26ClN3O3. The van der Waals surface area contributed by atoms with Crippen LogP contribution in [-0.2, 0) is 20.7 Å². The van der Waals surface area contributed by atoms with Gasteiger partial charge in [-0.25, -0.2) is 0 Å². The number of piperazine rings is 1. The Labute approximate surface area is 154 Å². The summed E-state index contributed by atoms with van der Waals surface area (Å²) in [4.78, 5) is 28.5. The molecule has 1 aromatic rings. The fourth-order valence-corrected chi connectivity index (χ4v) is 3.32. The monoisotopic (exact) mass is 367 g/mol. The topological polar surface area (TPSA) is 75.9 Å². The quantitative estimate of drug-likeness (QED) is 0.855. The molecule has 25 heavy (non-hydrogen) atoms. The van der Waals surface area contributed by atoms with Crippen molar-refractivity contribution in [2.24, 2.45) is 5.73 Å². The zero-order valence-electron chi connectivity index (χ0n) is 14.3. The smallest absolute Gasteiger partial charge is 0.251 e. The molecule has 0 spiro atoms. The zero-order chi connectivity index (χ0) is 16.9. The van der Waals surface area contributed by atoms with Crippen LogP contribution in [0.5, 0.6) is 0 Å². The van der Waals surface area contributed by atoms with Crippen molar-refractivity contribution in [2.45, 2.75) is 31.5 Å². The van der Waals surface area contributed by atoms with Crippen LogP contribution in [0.25, 0.3) is 0 Å². The van der Waals surface area contributed by atoms with E-state index in [1.54, 1.807) is 0 Å². The number of rotatable bonds is 4. The van der Waals surface area contributed by atoms with Crippen molar-refractivity contribution in [3.8, 4) is 0 Å². The highest BCUT2D eigenvalue weighted by molar-refractivity contribution is 5.85. The number of nitrogens with zero attached hydrogens (tertiary/aromatic N) is 2. The minimum atomic E-state index is -0.356. The number of hydrogen-bond acceptors (Lipinski definition) is 4. The second-order valence-corrected chi connectivity index (χ2v) is 6.43. The van der Waals surface area contributed by atoms with Gasteiger partial charge < -0.3 is 20.3 Å². The van der Waals surface area contributed by atoms with Crippen molar-refractivity contribution in [3.63, 3.8) is 0 Å². The van der Waals surface area contributed by atoms with Crippen LogP contribution >= 0.6 is 12.4 Å². The lowest BCUT2D eigenvalue weighted by molar-refractivity contribution is -0.147. The Hall–Kier alpha value is -1.63. The summed E-state index contributed by atoms with van der Waals surface area (Å²) in [5.74, 6) is 0.162. The number of hydrogen-bond donors (Lipinski definition) is 1. The Morgan fingerprint density at radius 3 is 2.28 bits per heavy atom. The van der Waals surface area contributed by atoms with Crippen molar-refractivity contribution in [1.29, 1.82) is 0 Å². The molecule has 0 saturated carbocycles. The highest BCUT2D eigenvalue weighted by atomic mass is 35.5. The maximum absolute atomic E-state index is 12.5. The first-order chi connectivity index (χ1) is 11.7. The van der Waals surface area contributed by atoms with Gasteiger partial charge in [-0.3, -0.25) is 9.59 Å². The molecule has 1 aromatic carbocycles. The molecule has 0 unspecified atom stereocenters. The summed E-state index contributed by atoms with van der Waals surface area (Å²) in [6.07, 6.45) is 1.66. The summed E-state index contributed by atoms with van der Waals surface area (Å²) in [7, 11) is 0. The second kappa shape index (κ2) is 9.17. The van der Waals surface area contributed by atoms with Crippen molar-refractivity contribution in [1.82, 2.24) is 9.80 Å². The minimum absolute atomic E-state index is 0. The number of carbonyl (C=O) groups is 2. The minimum Gasteiger partial charge on any atom is -0.364 e. The van der Waals surface area contributed by atoms with Crippen LogP contribution in [0.2, 0.25) is 0 Å². The summed E-state index contributed by atoms with van der Waals surface area (Å²) in [6, 6.07) is 9.75. The lowest BCUT2D eigenvalue weighted by Gasteiger charge is -2.36. The maximum Gasteiger partial charge on any atom is 0.251 e. The lowest BCUT2D eigenvalue weighted by atomic mass is 10.1. The molecule has 2 amide bonds. The second-order valence-electron chi connectivity index (χ2n) is 6.43. The third kappa shape index (κ3) is 4.93. The van der Waals surface area contributed by atoms with E-state index in [2.05, 4.69) is 0 Å². The molecule has 2 fully saturated rings. The Morgan fingerprint density at radius 1 is 1.04 bits per heavy atom. The van der Waals surface area contributed by atoms with Gasteiger partial charge in [0.15, 0.2) is 0 Å². The van der Waals surface area contributed by atoms with E-state index in [1.165, 1.54) is 0 Å². The van der Waals surface area contributed by atoms with Gasteiger partial charge in [-0.1, -0.05) is 30.3 Å². The maximum atomic E-state index is 12.5. The summed E-state index contributed by atoms with van der Waals surface area (Å²) in [5.41, 5.74) is 6.62. The van der Waals surface area contributed by atoms with Crippen LogP contribution in [-0.4, -0.2) is 66.5 Å². The van der Waals surface area contributed by atoms with Crippen LogP contribution in [0.3, 0.4) is 0 Å². The highest BCUT2D eigenvalue weighted by Gasteiger charge is 2.34. The Morgan fingerprint density at radius 2 is 1.68 bits per heavy atom. The molecule has 2 atom stereocenters. The van der Waals surface area contributed by atoms with Gasteiger partial charge >= 0.3 is 0 Å². The van der Waals surface area contributed by atoms with Gasteiger partial charge in [0.2, 0.25) is 5.91 Å². The number of nitrogens with two attached hydrogens (primary N) is 1. The number of benzene rings is 1. The molecular weight excluding hydrogens is 342 g/mol. The molecule has 138 valence electrons. The third-order valence-electron chi connectivity index (χ3n) is 4.79. The molecule has 2 aliphatic rings. The molecule has 0 bridgehead atoms. The predicted molar refractivity (Wildman–Crippen MR) is 97.5 cm³/mol. The molecule has 0 radical (unpaired) electrons. The molecule has 2 N–H and O–H groups in total. The van der Waals surface area contributed by atoms with E-state index in [-0.39, 0.29) is 36.4 Å². The zero-order valence-corrected chi connectivity index (χ0v) is 15.1. The van der Waals surface area contributed by atoms with Crippen molar-refractivity contribution < 1.29 is 14.3 Å². The van der Waals surface area contributed by atoms with E-state index in [0.29, 0.717) is 39.1 Å². The van der Waals surface area contributed by atoms with E-state index in [9.17, 15) is 9.59 Å². The van der Waals surface area contributed by atoms with Crippen molar-refractivity contribution in [2.75, 3.05) is 32.7 Å². The van der Waals surface area contributed by atoms with Crippen molar-refractivity contribution >= 4 is 24.2 Å². The highest BCUT2D eigenvalue weighted by Crippen LogP contribution is 2.21. The number of amides is 2. The molecule has 2 saturated heterocycles. The summed E-state index contributed by atoms with van der Waals surface area (Å²) in [6.45, 7) is 2.79. The van der Waals surface area contributed by atoms with Gasteiger partial charge in [-0.2, -0.15) is 0 Å². The lowest BCUT2D eigenvalue weighted by Crippen LogP contribution is -2.53. The van der Waals surface area contributed by atoms with E-state index >= 15 is 0 Å². The fraction of sp³-hybridized carbons (Fsp3) is 0.556. The van der Waals surface area contributed by atoms with E-state index in [4.69, 9.17) is 10.5 Å². The molecule has 2 aliphatic heterocycles. The first-order valence-electron chi connectivity index (χ1n) is 8.63. The number of carbonyl (C=O) groups excluding carboxylic acids is 2. The molecule has 3 rings (SSSR count). The Kier molecular flexibility index (Phi) is 7.23. The van der Waals surface area contributed by atoms with E-state index in [0.717, 1.165) is 18.4 Å². The average molecular weight is 368 g/mol. The number of ether oxygens (including phenoxy) is 1. The summed E-state index contributed by atoms with van der Waals surface area (Å²) < 4.78 is 5.68. The average Bonchev–Trinajstić information content (AvgIpc) is 3.11. The van der Waals surface area contributed by atoms with Gasteiger partial charge in [-0.05, 0) is 18.4 Å². The van der Waals surface area contributed by atoms with Gasteiger partial charge in [0.1, 0.15) is 6.10 Å². The Bertz CT molecular complexity index is 576. The van der Waals surface area contributed by atoms with E-state index < -0.39 is 0 Å². The van der Waals surface area contributed by atoms with Gasteiger partial charge in [-0.15, -0.1) is 12.4 Å². The number of halogens is 1. The largest absolute Gasteiger partial charge is 0.364 e. The van der Waals surface area contributed by atoms with Gasteiger partial charge in [0, 0.05) is 32.7 Å². The summed E-state index contributed by atoms with van der Waals surface area (Å²) in [5, 5.41) is 0. The van der Waals surface area contributed by atoms with Crippen LogP contribution in [0.4, 0.5) is 0 Å².